The van der Waals surface area contributed by atoms with Crippen LogP contribution in [0.2, 0.25) is 0 Å². The Labute approximate surface area is 103 Å². The zero-order chi connectivity index (χ0) is 10.7. The molecule has 3 nitrogen and oxygen atoms in total. The third-order valence-electron chi connectivity index (χ3n) is 2.48. The molecular weight excluding hydrogens is 274 g/mol. The second kappa shape index (κ2) is 5.16. The number of thioether (sulfide) groups is 1. The molecule has 0 radical (unpaired) electrons. The molecular formula is C10H14BrN3S. The van der Waals surface area contributed by atoms with Gasteiger partial charge in [0.15, 0.2) is 5.82 Å². The molecule has 0 N–H and O–H groups in total. The van der Waals surface area contributed by atoms with Crippen LogP contribution in [0.3, 0.4) is 0 Å². The van der Waals surface area contributed by atoms with Crippen molar-refractivity contribution in [3.05, 3.63) is 17.8 Å². The Hall–Kier alpha value is -0.290. The molecule has 2 heterocycles. The van der Waals surface area contributed by atoms with E-state index in [1.165, 1.54) is 11.5 Å². The highest BCUT2D eigenvalue weighted by molar-refractivity contribution is 9.09. The van der Waals surface area contributed by atoms with E-state index in [0.29, 0.717) is 6.04 Å². The van der Waals surface area contributed by atoms with Crippen LogP contribution in [-0.2, 0) is 0 Å². The SMILES string of the molecule is Cc1ccc(N2CCSCC2CBr)nn1. The van der Waals surface area contributed by atoms with E-state index in [-0.39, 0.29) is 0 Å². The van der Waals surface area contributed by atoms with Crippen LogP contribution in [-0.4, -0.2) is 39.6 Å². The maximum absolute atomic E-state index is 4.25. The minimum absolute atomic E-state index is 0.542. The normalized spacial score (nSPS) is 21.7. The average molecular weight is 288 g/mol. The van der Waals surface area contributed by atoms with Crippen molar-refractivity contribution in [1.29, 1.82) is 0 Å². The Kier molecular flexibility index (Phi) is 3.86. The number of alkyl halides is 1. The lowest BCUT2D eigenvalue weighted by molar-refractivity contribution is 0.692. The van der Waals surface area contributed by atoms with Crippen LogP contribution < -0.4 is 4.90 Å². The number of anilines is 1. The Morgan fingerprint density at radius 3 is 3.07 bits per heavy atom. The molecule has 0 amide bonds. The minimum atomic E-state index is 0.542. The van der Waals surface area contributed by atoms with Crippen LogP contribution in [0.15, 0.2) is 12.1 Å². The van der Waals surface area contributed by atoms with Gasteiger partial charge in [-0.2, -0.15) is 16.9 Å². The molecule has 0 spiro atoms. The molecule has 1 aliphatic heterocycles. The van der Waals surface area contributed by atoms with Crippen molar-refractivity contribution in [3.63, 3.8) is 0 Å². The molecule has 5 heteroatoms. The molecule has 1 unspecified atom stereocenters. The fourth-order valence-electron chi connectivity index (χ4n) is 1.63. The van der Waals surface area contributed by atoms with Crippen molar-refractivity contribution in [3.8, 4) is 0 Å². The fourth-order valence-corrected chi connectivity index (χ4v) is 3.57. The predicted octanol–water partition coefficient (Wildman–Crippen LogP) is 2.10. The second-order valence-corrected chi connectivity index (χ2v) is 5.41. The van der Waals surface area contributed by atoms with Gasteiger partial charge in [0, 0.05) is 29.4 Å². The molecule has 82 valence electrons. The van der Waals surface area contributed by atoms with E-state index >= 15 is 0 Å². The van der Waals surface area contributed by atoms with Gasteiger partial charge in [0.25, 0.3) is 0 Å². The summed E-state index contributed by atoms with van der Waals surface area (Å²) in [5.74, 6) is 3.35. The number of hydrogen-bond donors (Lipinski definition) is 0. The van der Waals surface area contributed by atoms with E-state index in [9.17, 15) is 0 Å². The Morgan fingerprint density at radius 2 is 2.40 bits per heavy atom. The van der Waals surface area contributed by atoms with E-state index in [4.69, 9.17) is 0 Å². The van der Waals surface area contributed by atoms with Gasteiger partial charge in [-0.1, -0.05) is 15.9 Å². The topological polar surface area (TPSA) is 29.0 Å². The molecule has 1 fully saturated rings. The molecule has 1 aliphatic rings. The summed E-state index contributed by atoms with van der Waals surface area (Å²) < 4.78 is 0. The van der Waals surface area contributed by atoms with Crippen molar-refractivity contribution < 1.29 is 0 Å². The minimum Gasteiger partial charge on any atom is -0.350 e. The maximum Gasteiger partial charge on any atom is 0.151 e. The highest BCUT2D eigenvalue weighted by atomic mass is 79.9. The van der Waals surface area contributed by atoms with Crippen LogP contribution in [0.5, 0.6) is 0 Å². The van der Waals surface area contributed by atoms with E-state index in [2.05, 4.69) is 37.1 Å². The Balaban J connectivity index is 2.16. The van der Waals surface area contributed by atoms with Crippen molar-refractivity contribution in [2.75, 3.05) is 28.3 Å². The third-order valence-corrected chi connectivity index (χ3v) is 4.32. The number of nitrogens with zero attached hydrogens (tertiary/aromatic N) is 3. The van der Waals surface area contributed by atoms with Crippen LogP contribution in [0.4, 0.5) is 5.82 Å². The van der Waals surface area contributed by atoms with Gasteiger partial charge in [-0.3, -0.25) is 0 Å². The molecule has 1 atom stereocenters. The fraction of sp³-hybridized carbons (Fsp3) is 0.600. The van der Waals surface area contributed by atoms with E-state index in [1.54, 1.807) is 0 Å². The summed E-state index contributed by atoms with van der Waals surface area (Å²) in [4.78, 5) is 2.34. The molecule has 1 saturated heterocycles. The first-order chi connectivity index (χ1) is 7.31. The van der Waals surface area contributed by atoms with Gasteiger partial charge >= 0.3 is 0 Å². The number of aromatic nitrogens is 2. The average Bonchev–Trinajstić information content (AvgIpc) is 2.30. The smallest absolute Gasteiger partial charge is 0.151 e. The van der Waals surface area contributed by atoms with Gasteiger partial charge in [0.2, 0.25) is 0 Å². The summed E-state index contributed by atoms with van der Waals surface area (Å²) in [7, 11) is 0. The summed E-state index contributed by atoms with van der Waals surface area (Å²) >= 11 is 5.57. The van der Waals surface area contributed by atoms with Crippen LogP contribution in [0.1, 0.15) is 5.69 Å². The lowest BCUT2D eigenvalue weighted by atomic mass is 10.3. The molecule has 0 saturated carbocycles. The van der Waals surface area contributed by atoms with E-state index in [1.807, 2.05) is 24.8 Å². The van der Waals surface area contributed by atoms with Gasteiger partial charge < -0.3 is 4.90 Å². The number of halogens is 1. The van der Waals surface area contributed by atoms with Gasteiger partial charge in [-0.05, 0) is 19.1 Å². The molecule has 15 heavy (non-hydrogen) atoms. The third kappa shape index (κ3) is 2.64. The van der Waals surface area contributed by atoms with Gasteiger partial charge in [0.1, 0.15) is 0 Å². The van der Waals surface area contributed by atoms with Gasteiger partial charge in [0.05, 0.1) is 5.69 Å². The van der Waals surface area contributed by atoms with E-state index in [0.717, 1.165) is 23.4 Å². The maximum atomic E-state index is 4.25. The van der Waals surface area contributed by atoms with Crippen molar-refractivity contribution >= 4 is 33.5 Å². The number of hydrogen-bond acceptors (Lipinski definition) is 4. The quantitative estimate of drug-likeness (QED) is 0.779. The van der Waals surface area contributed by atoms with Crippen LogP contribution >= 0.6 is 27.7 Å². The standard InChI is InChI=1S/C10H14BrN3S/c1-8-2-3-10(13-12-8)14-4-5-15-7-9(14)6-11/h2-3,9H,4-7H2,1H3. The lowest BCUT2D eigenvalue weighted by Gasteiger charge is -2.34. The first-order valence-corrected chi connectivity index (χ1v) is 7.29. The summed E-state index contributed by atoms with van der Waals surface area (Å²) in [6.07, 6.45) is 0. The highest BCUT2D eigenvalue weighted by Gasteiger charge is 2.22. The largest absolute Gasteiger partial charge is 0.350 e. The zero-order valence-corrected chi connectivity index (χ0v) is 11.1. The van der Waals surface area contributed by atoms with Crippen LogP contribution in [0.25, 0.3) is 0 Å². The van der Waals surface area contributed by atoms with Crippen molar-refractivity contribution in [2.24, 2.45) is 0 Å². The van der Waals surface area contributed by atoms with Crippen molar-refractivity contribution in [1.82, 2.24) is 10.2 Å². The van der Waals surface area contributed by atoms with Crippen molar-refractivity contribution in [2.45, 2.75) is 13.0 Å². The lowest BCUT2D eigenvalue weighted by Crippen LogP contribution is -2.44. The summed E-state index contributed by atoms with van der Waals surface area (Å²) in [6.45, 7) is 3.03. The molecule has 1 aromatic rings. The van der Waals surface area contributed by atoms with Crippen LogP contribution in [0, 0.1) is 6.92 Å². The van der Waals surface area contributed by atoms with Gasteiger partial charge in [-0.25, -0.2) is 0 Å². The first-order valence-electron chi connectivity index (χ1n) is 5.02. The van der Waals surface area contributed by atoms with E-state index < -0.39 is 0 Å². The number of rotatable bonds is 2. The summed E-state index contributed by atoms with van der Waals surface area (Å²) in [5, 5.41) is 9.35. The molecule has 0 aromatic carbocycles. The van der Waals surface area contributed by atoms with Gasteiger partial charge in [-0.15, -0.1) is 5.10 Å². The predicted molar refractivity (Wildman–Crippen MR) is 69.0 cm³/mol. The second-order valence-electron chi connectivity index (χ2n) is 3.61. The molecule has 0 bridgehead atoms. The zero-order valence-electron chi connectivity index (χ0n) is 8.69. The first kappa shape index (κ1) is 11.2. The Bertz CT molecular complexity index is 317. The summed E-state index contributed by atoms with van der Waals surface area (Å²) in [6, 6.07) is 4.63. The molecule has 0 aliphatic carbocycles. The molecule has 2 rings (SSSR count). The summed E-state index contributed by atoms with van der Waals surface area (Å²) in [5.41, 5.74) is 0.973. The number of aryl methyl sites for hydroxylation is 1. The Morgan fingerprint density at radius 1 is 1.53 bits per heavy atom. The molecule has 1 aromatic heterocycles. The monoisotopic (exact) mass is 287 g/mol. The highest BCUT2D eigenvalue weighted by Crippen LogP contribution is 2.22.